The van der Waals surface area contributed by atoms with Crippen LogP contribution in [0.25, 0.3) is 0 Å². The standard InChI is InChI=1S/C9H10ClN3O5/c10-4-9(14)5-11-6-1-7(12(15)16)3-8(2-6)13(17)18/h1-3,9,11,14H,4-5H2. The van der Waals surface area contributed by atoms with Crippen LogP contribution in [0.15, 0.2) is 18.2 Å². The van der Waals surface area contributed by atoms with E-state index < -0.39 is 27.3 Å². The van der Waals surface area contributed by atoms with Gasteiger partial charge in [-0.1, -0.05) is 0 Å². The third kappa shape index (κ3) is 3.82. The maximum atomic E-state index is 10.6. The number of halogens is 1. The van der Waals surface area contributed by atoms with Crippen molar-refractivity contribution in [3.8, 4) is 0 Å². The molecule has 1 aromatic carbocycles. The molecular weight excluding hydrogens is 266 g/mol. The third-order valence-corrected chi connectivity index (χ3v) is 2.40. The van der Waals surface area contributed by atoms with Crippen LogP contribution in [0.2, 0.25) is 0 Å². The van der Waals surface area contributed by atoms with Crippen LogP contribution in [0, 0.1) is 20.2 Å². The predicted octanol–water partition coefficient (Wildman–Crippen LogP) is 1.51. The number of benzene rings is 1. The normalized spacial score (nSPS) is 11.9. The van der Waals surface area contributed by atoms with Gasteiger partial charge in [0.25, 0.3) is 11.4 Å². The monoisotopic (exact) mass is 275 g/mol. The summed E-state index contributed by atoms with van der Waals surface area (Å²) >= 11 is 5.38. The SMILES string of the molecule is O=[N+]([O-])c1cc(NCC(O)CCl)cc([N+](=O)[O-])c1. The van der Waals surface area contributed by atoms with E-state index in [1.807, 2.05) is 0 Å². The van der Waals surface area contributed by atoms with Crippen LogP contribution in [-0.2, 0) is 0 Å². The number of hydrogen-bond donors (Lipinski definition) is 2. The summed E-state index contributed by atoms with van der Waals surface area (Å²) in [5.74, 6) is -0.00990. The number of nitrogens with zero attached hydrogens (tertiary/aromatic N) is 2. The van der Waals surface area contributed by atoms with Crippen molar-refractivity contribution in [1.82, 2.24) is 0 Å². The van der Waals surface area contributed by atoms with Gasteiger partial charge in [-0.25, -0.2) is 0 Å². The molecule has 0 aromatic heterocycles. The van der Waals surface area contributed by atoms with E-state index >= 15 is 0 Å². The molecule has 0 amide bonds. The zero-order chi connectivity index (χ0) is 13.7. The molecular formula is C9H10ClN3O5. The van der Waals surface area contributed by atoms with Gasteiger partial charge >= 0.3 is 0 Å². The lowest BCUT2D eigenvalue weighted by molar-refractivity contribution is -0.394. The minimum atomic E-state index is -0.843. The second-order valence-electron chi connectivity index (χ2n) is 3.44. The van der Waals surface area contributed by atoms with E-state index in [0.717, 1.165) is 18.2 Å². The Bertz CT molecular complexity index is 435. The van der Waals surface area contributed by atoms with Gasteiger partial charge < -0.3 is 10.4 Å². The summed E-state index contributed by atoms with van der Waals surface area (Å²) in [5, 5.41) is 33.1. The molecule has 0 aliphatic heterocycles. The van der Waals surface area contributed by atoms with Crippen LogP contribution in [0.5, 0.6) is 0 Å². The van der Waals surface area contributed by atoms with E-state index in [9.17, 15) is 25.3 Å². The molecule has 0 radical (unpaired) electrons. The zero-order valence-electron chi connectivity index (χ0n) is 9.08. The lowest BCUT2D eigenvalue weighted by Crippen LogP contribution is -2.20. The molecule has 0 saturated heterocycles. The van der Waals surface area contributed by atoms with E-state index in [-0.39, 0.29) is 18.1 Å². The lowest BCUT2D eigenvalue weighted by Gasteiger charge is -2.09. The minimum absolute atomic E-state index is 0.00990. The van der Waals surface area contributed by atoms with Gasteiger partial charge in [0, 0.05) is 24.4 Å². The number of nitrogens with one attached hydrogen (secondary N) is 1. The van der Waals surface area contributed by atoms with Gasteiger partial charge in [-0.15, -0.1) is 11.6 Å². The predicted molar refractivity (Wildman–Crippen MR) is 65.0 cm³/mol. The summed E-state index contributed by atoms with van der Waals surface area (Å²) in [5.41, 5.74) is -0.612. The van der Waals surface area contributed by atoms with Crippen molar-refractivity contribution in [1.29, 1.82) is 0 Å². The molecule has 9 heteroatoms. The number of nitro groups is 2. The average Bonchev–Trinajstić information content (AvgIpc) is 2.35. The van der Waals surface area contributed by atoms with Gasteiger partial charge in [0.1, 0.15) is 0 Å². The Labute approximate surface area is 106 Å². The Morgan fingerprint density at radius 3 is 2.11 bits per heavy atom. The van der Waals surface area contributed by atoms with Crippen molar-refractivity contribution in [3.63, 3.8) is 0 Å². The van der Waals surface area contributed by atoms with Crippen LogP contribution in [0.4, 0.5) is 17.1 Å². The van der Waals surface area contributed by atoms with Crippen molar-refractivity contribution < 1.29 is 15.0 Å². The molecule has 1 unspecified atom stereocenters. The highest BCUT2D eigenvalue weighted by Gasteiger charge is 2.16. The highest BCUT2D eigenvalue weighted by molar-refractivity contribution is 6.18. The summed E-state index contributed by atoms with van der Waals surface area (Å²) in [6, 6.07) is 3.16. The number of aliphatic hydroxyl groups excluding tert-OH is 1. The number of alkyl halides is 1. The molecule has 98 valence electrons. The van der Waals surface area contributed by atoms with Gasteiger partial charge in [-0.3, -0.25) is 20.2 Å². The van der Waals surface area contributed by atoms with Crippen molar-refractivity contribution in [3.05, 3.63) is 38.4 Å². The molecule has 0 heterocycles. The van der Waals surface area contributed by atoms with Gasteiger partial charge in [-0.05, 0) is 0 Å². The van der Waals surface area contributed by atoms with Gasteiger partial charge in [0.15, 0.2) is 0 Å². The molecule has 0 aliphatic carbocycles. The first kappa shape index (κ1) is 14.1. The van der Waals surface area contributed by atoms with Crippen molar-refractivity contribution >= 4 is 28.7 Å². The van der Waals surface area contributed by atoms with Gasteiger partial charge in [0.05, 0.1) is 27.9 Å². The maximum absolute atomic E-state index is 10.6. The Morgan fingerprint density at radius 2 is 1.72 bits per heavy atom. The first-order chi connectivity index (χ1) is 8.43. The Morgan fingerprint density at radius 1 is 1.22 bits per heavy atom. The fourth-order valence-electron chi connectivity index (χ4n) is 1.20. The van der Waals surface area contributed by atoms with E-state index in [2.05, 4.69) is 5.32 Å². The average molecular weight is 276 g/mol. The molecule has 8 nitrogen and oxygen atoms in total. The molecule has 1 atom stereocenters. The van der Waals surface area contributed by atoms with Crippen LogP contribution in [0.1, 0.15) is 0 Å². The fraction of sp³-hybridized carbons (Fsp3) is 0.333. The summed E-state index contributed by atoms with van der Waals surface area (Å²) in [6.07, 6.45) is -0.843. The fourth-order valence-corrected chi connectivity index (χ4v) is 1.31. The molecule has 1 rings (SSSR count). The topological polar surface area (TPSA) is 119 Å². The summed E-state index contributed by atoms with van der Waals surface area (Å²) in [4.78, 5) is 19.8. The first-order valence-corrected chi connectivity index (χ1v) is 5.39. The molecule has 0 fully saturated rings. The van der Waals surface area contributed by atoms with Crippen LogP contribution in [-0.4, -0.2) is 33.5 Å². The third-order valence-electron chi connectivity index (χ3n) is 2.04. The number of rotatable bonds is 6. The van der Waals surface area contributed by atoms with Crippen molar-refractivity contribution in [2.45, 2.75) is 6.10 Å². The maximum Gasteiger partial charge on any atom is 0.278 e. The van der Waals surface area contributed by atoms with Crippen LogP contribution >= 0.6 is 11.6 Å². The lowest BCUT2D eigenvalue weighted by atomic mass is 10.2. The Balaban J connectivity index is 2.96. The number of anilines is 1. The van der Waals surface area contributed by atoms with E-state index in [0.29, 0.717) is 0 Å². The number of aliphatic hydroxyl groups is 1. The zero-order valence-corrected chi connectivity index (χ0v) is 9.83. The Hall–Kier alpha value is -1.93. The molecule has 2 N–H and O–H groups in total. The number of nitro benzene ring substituents is 2. The quantitative estimate of drug-likeness (QED) is 0.461. The van der Waals surface area contributed by atoms with Crippen molar-refractivity contribution in [2.24, 2.45) is 0 Å². The van der Waals surface area contributed by atoms with Gasteiger partial charge in [0.2, 0.25) is 0 Å². The smallest absolute Gasteiger partial charge is 0.278 e. The first-order valence-electron chi connectivity index (χ1n) is 4.86. The molecule has 1 aromatic rings. The second-order valence-corrected chi connectivity index (χ2v) is 3.75. The van der Waals surface area contributed by atoms with E-state index in [1.54, 1.807) is 0 Å². The number of hydrogen-bond acceptors (Lipinski definition) is 6. The van der Waals surface area contributed by atoms with Crippen LogP contribution < -0.4 is 5.32 Å². The molecule has 0 saturated carbocycles. The Kier molecular flexibility index (Phi) is 4.81. The summed E-state index contributed by atoms with van der Waals surface area (Å²) in [7, 11) is 0. The van der Waals surface area contributed by atoms with Crippen LogP contribution in [0.3, 0.4) is 0 Å². The highest BCUT2D eigenvalue weighted by atomic mass is 35.5. The second kappa shape index (κ2) is 6.12. The molecule has 18 heavy (non-hydrogen) atoms. The number of non-ortho nitro benzene ring substituents is 2. The highest BCUT2D eigenvalue weighted by Crippen LogP contribution is 2.25. The largest absolute Gasteiger partial charge is 0.390 e. The van der Waals surface area contributed by atoms with Crippen molar-refractivity contribution in [2.75, 3.05) is 17.7 Å². The van der Waals surface area contributed by atoms with E-state index in [1.165, 1.54) is 0 Å². The molecule has 0 spiro atoms. The summed E-state index contributed by atoms with van der Waals surface area (Å²) < 4.78 is 0. The molecule has 0 bridgehead atoms. The molecule has 0 aliphatic rings. The van der Waals surface area contributed by atoms with Gasteiger partial charge in [-0.2, -0.15) is 0 Å². The van der Waals surface area contributed by atoms with E-state index in [4.69, 9.17) is 11.6 Å². The summed E-state index contributed by atoms with van der Waals surface area (Å²) in [6.45, 7) is 0.0435. The minimum Gasteiger partial charge on any atom is -0.390 e.